The second-order valence-electron chi connectivity index (χ2n) is 7.02. The molecule has 2 aliphatic rings. The minimum absolute atomic E-state index is 0.0175. The minimum atomic E-state index is -0.431. The van der Waals surface area contributed by atoms with Crippen LogP contribution in [-0.2, 0) is 4.79 Å². The summed E-state index contributed by atoms with van der Waals surface area (Å²) in [7, 11) is 0. The van der Waals surface area contributed by atoms with Crippen LogP contribution in [0, 0.1) is 17.7 Å². The number of carbonyl (C=O) groups is 1. The molecule has 0 spiro atoms. The molecule has 0 bridgehead atoms. The molecule has 1 amide bonds. The van der Waals surface area contributed by atoms with Crippen molar-refractivity contribution < 1.29 is 13.9 Å². The van der Waals surface area contributed by atoms with Crippen LogP contribution in [0.5, 0.6) is 5.75 Å². The van der Waals surface area contributed by atoms with Crippen LogP contribution in [0.15, 0.2) is 18.2 Å². The molecule has 0 saturated carbocycles. The Kier molecular flexibility index (Phi) is 3.85. The van der Waals surface area contributed by atoms with Crippen LogP contribution in [0.25, 0.3) is 0 Å². The van der Waals surface area contributed by atoms with Crippen molar-refractivity contribution in [3.8, 4) is 5.75 Å². The standard InChI is InChI=1S/C17H23FN2O2/c1-10(11-8-19-9-11)16(21)20-14-7-17(2,3)22-15-6-12(18)4-5-13(14)15/h4-6,10-11,14,19H,7-9H2,1-3H3,(H,20,21). The minimum Gasteiger partial charge on any atom is -0.487 e. The Morgan fingerprint density at radius 3 is 2.82 bits per heavy atom. The second-order valence-corrected chi connectivity index (χ2v) is 7.02. The van der Waals surface area contributed by atoms with Crippen molar-refractivity contribution in [1.29, 1.82) is 0 Å². The lowest BCUT2D eigenvalue weighted by Gasteiger charge is -2.39. The number of hydrogen-bond acceptors (Lipinski definition) is 3. The van der Waals surface area contributed by atoms with Crippen LogP contribution in [-0.4, -0.2) is 24.6 Å². The highest BCUT2D eigenvalue weighted by Crippen LogP contribution is 2.40. The Hall–Kier alpha value is -1.62. The van der Waals surface area contributed by atoms with Crippen molar-refractivity contribution in [3.05, 3.63) is 29.6 Å². The topological polar surface area (TPSA) is 50.4 Å². The van der Waals surface area contributed by atoms with E-state index in [-0.39, 0.29) is 23.7 Å². The van der Waals surface area contributed by atoms with Crippen molar-refractivity contribution in [2.45, 2.75) is 38.8 Å². The first-order valence-electron chi connectivity index (χ1n) is 7.85. The number of hydrogen-bond donors (Lipinski definition) is 2. The first kappa shape index (κ1) is 15.3. The molecule has 1 saturated heterocycles. The Balaban J connectivity index is 1.79. The summed E-state index contributed by atoms with van der Waals surface area (Å²) in [5, 5.41) is 6.32. The normalized spacial score (nSPS) is 24.6. The molecule has 120 valence electrons. The van der Waals surface area contributed by atoms with E-state index < -0.39 is 5.60 Å². The number of nitrogens with one attached hydrogen (secondary N) is 2. The Morgan fingerprint density at radius 2 is 2.18 bits per heavy atom. The first-order chi connectivity index (χ1) is 10.4. The van der Waals surface area contributed by atoms with Crippen LogP contribution in [0.2, 0.25) is 0 Å². The average Bonchev–Trinajstić information content (AvgIpc) is 2.34. The quantitative estimate of drug-likeness (QED) is 0.901. The van der Waals surface area contributed by atoms with Crippen LogP contribution in [0.3, 0.4) is 0 Å². The largest absolute Gasteiger partial charge is 0.487 e. The summed E-state index contributed by atoms with van der Waals surface area (Å²) in [5.74, 6) is 0.649. The van der Waals surface area contributed by atoms with Gasteiger partial charge in [-0.3, -0.25) is 4.79 Å². The van der Waals surface area contributed by atoms with Gasteiger partial charge in [0.1, 0.15) is 17.2 Å². The van der Waals surface area contributed by atoms with Crippen LogP contribution in [0.4, 0.5) is 4.39 Å². The van der Waals surface area contributed by atoms with Crippen LogP contribution >= 0.6 is 0 Å². The molecule has 2 aliphatic heterocycles. The van der Waals surface area contributed by atoms with E-state index in [2.05, 4.69) is 10.6 Å². The lowest BCUT2D eigenvalue weighted by molar-refractivity contribution is -0.128. The number of amides is 1. The van der Waals surface area contributed by atoms with E-state index in [1.807, 2.05) is 20.8 Å². The van der Waals surface area contributed by atoms with E-state index >= 15 is 0 Å². The van der Waals surface area contributed by atoms with Gasteiger partial charge in [-0.15, -0.1) is 0 Å². The first-order valence-corrected chi connectivity index (χ1v) is 7.85. The fourth-order valence-electron chi connectivity index (χ4n) is 3.14. The van der Waals surface area contributed by atoms with E-state index in [4.69, 9.17) is 4.74 Å². The molecule has 0 radical (unpaired) electrons. The monoisotopic (exact) mass is 306 g/mol. The molecule has 0 aliphatic carbocycles. The SMILES string of the molecule is CC(C(=O)NC1CC(C)(C)Oc2cc(F)ccc21)C1CNC1. The van der Waals surface area contributed by atoms with Gasteiger partial charge in [0.2, 0.25) is 5.91 Å². The van der Waals surface area contributed by atoms with E-state index in [9.17, 15) is 9.18 Å². The van der Waals surface area contributed by atoms with Gasteiger partial charge in [0.25, 0.3) is 0 Å². The average molecular weight is 306 g/mol. The van der Waals surface area contributed by atoms with Crippen LogP contribution < -0.4 is 15.4 Å². The van der Waals surface area contributed by atoms with Gasteiger partial charge in [0, 0.05) is 24.0 Å². The third-order valence-corrected chi connectivity index (χ3v) is 4.68. The molecular formula is C17H23FN2O2. The number of fused-ring (bicyclic) bond motifs is 1. The Labute approximate surface area is 130 Å². The smallest absolute Gasteiger partial charge is 0.223 e. The third kappa shape index (κ3) is 2.95. The van der Waals surface area contributed by atoms with E-state index in [0.29, 0.717) is 18.1 Å². The highest BCUT2D eigenvalue weighted by atomic mass is 19.1. The molecular weight excluding hydrogens is 283 g/mol. The molecule has 2 unspecified atom stereocenters. The summed E-state index contributed by atoms with van der Waals surface area (Å²) in [6.45, 7) is 7.68. The summed E-state index contributed by atoms with van der Waals surface area (Å²) in [4.78, 5) is 12.5. The van der Waals surface area contributed by atoms with Gasteiger partial charge in [-0.1, -0.05) is 13.0 Å². The van der Waals surface area contributed by atoms with Gasteiger partial charge in [-0.2, -0.15) is 0 Å². The van der Waals surface area contributed by atoms with E-state index in [1.54, 1.807) is 6.07 Å². The fraction of sp³-hybridized carbons (Fsp3) is 0.588. The molecule has 2 N–H and O–H groups in total. The maximum Gasteiger partial charge on any atom is 0.223 e. The van der Waals surface area contributed by atoms with Crippen molar-refractivity contribution in [1.82, 2.24) is 10.6 Å². The molecule has 1 fully saturated rings. The lowest BCUT2D eigenvalue weighted by atomic mass is 9.86. The number of benzene rings is 1. The van der Waals surface area contributed by atoms with Gasteiger partial charge in [0.15, 0.2) is 0 Å². The molecule has 1 aromatic carbocycles. The van der Waals surface area contributed by atoms with Gasteiger partial charge in [0.05, 0.1) is 6.04 Å². The van der Waals surface area contributed by atoms with Gasteiger partial charge in [-0.05, 0) is 38.9 Å². The summed E-state index contributed by atoms with van der Waals surface area (Å²) < 4.78 is 19.3. The summed E-state index contributed by atoms with van der Waals surface area (Å²) in [6, 6.07) is 4.39. The zero-order chi connectivity index (χ0) is 15.9. The molecule has 0 aromatic heterocycles. The summed E-state index contributed by atoms with van der Waals surface area (Å²) >= 11 is 0. The predicted octanol–water partition coefficient (Wildman–Crippen LogP) is 2.40. The van der Waals surface area contributed by atoms with Crippen molar-refractivity contribution >= 4 is 5.91 Å². The molecule has 2 heterocycles. The number of rotatable bonds is 3. The van der Waals surface area contributed by atoms with E-state index in [0.717, 1.165) is 18.7 Å². The number of halogens is 1. The summed E-state index contributed by atoms with van der Waals surface area (Å²) in [5.41, 5.74) is 0.424. The van der Waals surface area contributed by atoms with Crippen molar-refractivity contribution in [2.24, 2.45) is 11.8 Å². The lowest BCUT2D eigenvalue weighted by Crippen LogP contribution is -2.51. The second kappa shape index (κ2) is 5.54. The van der Waals surface area contributed by atoms with Gasteiger partial charge >= 0.3 is 0 Å². The highest BCUT2D eigenvalue weighted by molar-refractivity contribution is 5.79. The third-order valence-electron chi connectivity index (χ3n) is 4.68. The maximum atomic E-state index is 13.4. The van der Waals surface area contributed by atoms with Crippen molar-refractivity contribution in [3.63, 3.8) is 0 Å². The predicted molar refractivity (Wildman–Crippen MR) is 82.1 cm³/mol. The van der Waals surface area contributed by atoms with E-state index in [1.165, 1.54) is 12.1 Å². The fourth-order valence-corrected chi connectivity index (χ4v) is 3.14. The molecule has 5 heteroatoms. The zero-order valence-corrected chi connectivity index (χ0v) is 13.3. The van der Waals surface area contributed by atoms with Crippen LogP contribution in [0.1, 0.15) is 38.8 Å². The molecule has 22 heavy (non-hydrogen) atoms. The van der Waals surface area contributed by atoms with Gasteiger partial charge < -0.3 is 15.4 Å². The Bertz CT molecular complexity index is 584. The number of carbonyl (C=O) groups excluding carboxylic acids is 1. The van der Waals surface area contributed by atoms with Crippen molar-refractivity contribution in [2.75, 3.05) is 13.1 Å². The maximum absolute atomic E-state index is 13.4. The molecule has 2 atom stereocenters. The molecule has 4 nitrogen and oxygen atoms in total. The summed E-state index contributed by atoms with van der Waals surface area (Å²) in [6.07, 6.45) is 0.674. The zero-order valence-electron chi connectivity index (χ0n) is 13.3. The van der Waals surface area contributed by atoms with Gasteiger partial charge in [-0.25, -0.2) is 4.39 Å². The number of ether oxygens (including phenoxy) is 1. The molecule has 1 aromatic rings. The molecule has 3 rings (SSSR count). The Morgan fingerprint density at radius 1 is 1.45 bits per heavy atom. The highest BCUT2D eigenvalue weighted by Gasteiger charge is 2.36.